The van der Waals surface area contributed by atoms with Gasteiger partial charge in [0, 0.05) is 25.3 Å². The van der Waals surface area contributed by atoms with Gasteiger partial charge in [-0.05, 0) is 51.3 Å². The van der Waals surface area contributed by atoms with Crippen molar-refractivity contribution in [3.8, 4) is 6.07 Å². The van der Waals surface area contributed by atoms with Gasteiger partial charge in [0.2, 0.25) is 0 Å². The molecule has 2 aliphatic rings. The third kappa shape index (κ3) is 3.11. The smallest absolute Gasteiger partial charge is 0.270 e. The summed E-state index contributed by atoms with van der Waals surface area (Å²) in [7, 11) is 0. The number of nitrogens with one attached hydrogen (secondary N) is 1. The Morgan fingerprint density at radius 1 is 1.29 bits per heavy atom. The SMILES string of the molecule is N#Cc1c[nH]c(C(=O)N2CCCCC2CN2CCCC2)c1. The Bertz CT molecular complexity index is 539. The lowest BCUT2D eigenvalue weighted by Gasteiger charge is -2.37. The normalized spacial score (nSPS) is 23.2. The molecule has 0 spiro atoms. The number of nitriles is 1. The summed E-state index contributed by atoms with van der Waals surface area (Å²) in [6.45, 7) is 4.16. The Morgan fingerprint density at radius 3 is 2.76 bits per heavy atom. The molecule has 0 aromatic carbocycles. The van der Waals surface area contributed by atoms with E-state index < -0.39 is 0 Å². The third-order valence-electron chi connectivity index (χ3n) is 4.60. The molecule has 5 heteroatoms. The maximum absolute atomic E-state index is 12.7. The first-order chi connectivity index (χ1) is 10.3. The van der Waals surface area contributed by atoms with Crippen LogP contribution < -0.4 is 0 Å². The minimum absolute atomic E-state index is 0.0420. The molecule has 0 aliphatic carbocycles. The van der Waals surface area contributed by atoms with Crippen molar-refractivity contribution in [3.05, 3.63) is 23.5 Å². The summed E-state index contributed by atoms with van der Waals surface area (Å²) in [5.41, 5.74) is 1.06. The molecular weight excluding hydrogens is 264 g/mol. The molecule has 1 aromatic heterocycles. The van der Waals surface area contributed by atoms with Gasteiger partial charge in [0.1, 0.15) is 11.8 Å². The number of rotatable bonds is 3. The van der Waals surface area contributed by atoms with Gasteiger partial charge in [-0.15, -0.1) is 0 Å². The highest BCUT2D eigenvalue weighted by Crippen LogP contribution is 2.22. The van der Waals surface area contributed by atoms with Crippen molar-refractivity contribution in [1.82, 2.24) is 14.8 Å². The second kappa shape index (κ2) is 6.31. The standard InChI is InChI=1S/C16H22N4O/c17-10-13-9-15(18-11-13)16(21)20-8-2-1-5-14(20)12-19-6-3-4-7-19/h9,11,14,18H,1-8,12H2. The molecule has 2 saturated heterocycles. The summed E-state index contributed by atoms with van der Waals surface area (Å²) < 4.78 is 0. The molecule has 1 aromatic rings. The maximum Gasteiger partial charge on any atom is 0.270 e. The molecule has 2 aliphatic heterocycles. The van der Waals surface area contributed by atoms with Gasteiger partial charge in [-0.2, -0.15) is 5.26 Å². The van der Waals surface area contributed by atoms with Gasteiger partial charge in [0.05, 0.1) is 5.56 Å². The molecule has 3 heterocycles. The van der Waals surface area contributed by atoms with E-state index in [1.165, 1.54) is 32.4 Å². The zero-order chi connectivity index (χ0) is 14.7. The lowest BCUT2D eigenvalue weighted by atomic mass is 10.0. The second-order valence-electron chi connectivity index (χ2n) is 6.07. The van der Waals surface area contributed by atoms with E-state index in [-0.39, 0.29) is 5.91 Å². The fraction of sp³-hybridized carbons (Fsp3) is 0.625. The van der Waals surface area contributed by atoms with E-state index in [0.717, 1.165) is 25.9 Å². The number of likely N-dealkylation sites (tertiary alicyclic amines) is 2. The van der Waals surface area contributed by atoms with Gasteiger partial charge in [0.25, 0.3) is 5.91 Å². The fourth-order valence-corrected chi connectivity index (χ4v) is 3.46. The molecule has 1 atom stereocenters. The third-order valence-corrected chi connectivity index (χ3v) is 4.60. The van der Waals surface area contributed by atoms with Gasteiger partial charge < -0.3 is 14.8 Å². The monoisotopic (exact) mass is 286 g/mol. The highest BCUT2D eigenvalue weighted by molar-refractivity contribution is 5.93. The van der Waals surface area contributed by atoms with Crippen LogP contribution in [-0.4, -0.2) is 52.9 Å². The van der Waals surface area contributed by atoms with Gasteiger partial charge in [-0.25, -0.2) is 0 Å². The first-order valence-electron chi connectivity index (χ1n) is 7.90. The predicted octanol–water partition coefficient (Wildman–Crippen LogP) is 1.98. The number of piperidine rings is 1. The molecule has 1 unspecified atom stereocenters. The van der Waals surface area contributed by atoms with Crippen LogP contribution in [-0.2, 0) is 0 Å². The maximum atomic E-state index is 12.7. The predicted molar refractivity (Wildman–Crippen MR) is 79.9 cm³/mol. The number of hydrogen-bond donors (Lipinski definition) is 1. The van der Waals surface area contributed by atoms with Crippen molar-refractivity contribution < 1.29 is 4.79 Å². The summed E-state index contributed by atoms with van der Waals surface area (Å²) in [4.78, 5) is 20.1. The fourth-order valence-electron chi connectivity index (χ4n) is 3.46. The van der Waals surface area contributed by atoms with Crippen LogP contribution >= 0.6 is 0 Å². The average molecular weight is 286 g/mol. The molecule has 0 bridgehead atoms. The van der Waals surface area contributed by atoms with Crippen LogP contribution in [0.1, 0.15) is 48.2 Å². The van der Waals surface area contributed by atoms with Gasteiger partial charge in [-0.1, -0.05) is 0 Å². The Morgan fingerprint density at radius 2 is 2.05 bits per heavy atom. The molecule has 112 valence electrons. The number of aromatic nitrogens is 1. The van der Waals surface area contributed by atoms with Gasteiger partial charge in [-0.3, -0.25) is 4.79 Å². The highest BCUT2D eigenvalue weighted by Gasteiger charge is 2.30. The molecule has 5 nitrogen and oxygen atoms in total. The first-order valence-corrected chi connectivity index (χ1v) is 7.90. The van der Waals surface area contributed by atoms with Crippen LogP contribution in [0.4, 0.5) is 0 Å². The molecule has 3 rings (SSSR count). The van der Waals surface area contributed by atoms with Crippen molar-refractivity contribution in [1.29, 1.82) is 5.26 Å². The Kier molecular flexibility index (Phi) is 4.26. The van der Waals surface area contributed by atoms with E-state index in [4.69, 9.17) is 5.26 Å². The van der Waals surface area contributed by atoms with Crippen molar-refractivity contribution in [2.45, 2.75) is 38.1 Å². The summed E-state index contributed by atoms with van der Waals surface area (Å²) >= 11 is 0. The lowest BCUT2D eigenvalue weighted by Crippen LogP contribution is -2.49. The number of H-pyrrole nitrogens is 1. The van der Waals surface area contributed by atoms with E-state index in [1.807, 2.05) is 4.90 Å². The minimum Gasteiger partial charge on any atom is -0.356 e. The Hall–Kier alpha value is -1.80. The molecule has 1 amide bonds. The second-order valence-corrected chi connectivity index (χ2v) is 6.07. The number of carbonyl (C=O) groups excluding carboxylic acids is 1. The Balaban J connectivity index is 1.70. The van der Waals surface area contributed by atoms with Crippen LogP contribution in [0.3, 0.4) is 0 Å². The van der Waals surface area contributed by atoms with Crippen molar-refractivity contribution >= 4 is 5.91 Å². The van der Waals surface area contributed by atoms with Crippen molar-refractivity contribution in [2.75, 3.05) is 26.2 Å². The summed E-state index contributed by atoms with van der Waals surface area (Å²) in [6.07, 6.45) is 7.54. The van der Waals surface area contributed by atoms with Crippen LogP contribution in [0, 0.1) is 11.3 Å². The number of aromatic amines is 1. The topological polar surface area (TPSA) is 63.1 Å². The van der Waals surface area contributed by atoms with Crippen LogP contribution in [0.5, 0.6) is 0 Å². The number of nitrogens with zero attached hydrogens (tertiary/aromatic N) is 3. The van der Waals surface area contributed by atoms with Crippen molar-refractivity contribution in [3.63, 3.8) is 0 Å². The molecule has 1 N–H and O–H groups in total. The minimum atomic E-state index is 0.0420. The molecular formula is C16H22N4O. The molecule has 21 heavy (non-hydrogen) atoms. The summed E-state index contributed by atoms with van der Waals surface area (Å²) in [5.74, 6) is 0.0420. The largest absolute Gasteiger partial charge is 0.356 e. The van der Waals surface area contributed by atoms with E-state index >= 15 is 0 Å². The Labute approximate surface area is 125 Å². The van der Waals surface area contributed by atoms with E-state index in [2.05, 4.69) is 16.0 Å². The van der Waals surface area contributed by atoms with Crippen LogP contribution in [0.25, 0.3) is 0 Å². The average Bonchev–Trinajstić information content (AvgIpc) is 3.18. The highest BCUT2D eigenvalue weighted by atomic mass is 16.2. The van der Waals surface area contributed by atoms with E-state index in [1.54, 1.807) is 12.3 Å². The van der Waals surface area contributed by atoms with Gasteiger partial charge >= 0.3 is 0 Å². The number of hydrogen-bond acceptors (Lipinski definition) is 3. The molecule has 0 radical (unpaired) electrons. The molecule has 0 saturated carbocycles. The quantitative estimate of drug-likeness (QED) is 0.924. The summed E-state index contributed by atoms with van der Waals surface area (Å²) in [5, 5.41) is 8.88. The number of amides is 1. The van der Waals surface area contributed by atoms with E-state index in [0.29, 0.717) is 17.3 Å². The zero-order valence-electron chi connectivity index (χ0n) is 12.3. The number of carbonyl (C=O) groups is 1. The van der Waals surface area contributed by atoms with E-state index in [9.17, 15) is 4.79 Å². The zero-order valence-corrected chi connectivity index (χ0v) is 12.3. The lowest BCUT2D eigenvalue weighted by molar-refractivity contribution is 0.0555. The molecule has 2 fully saturated rings. The van der Waals surface area contributed by atoms with Crippen LogP contribution in [0.2, 0.25) is 0 Å². The van der Waals surface area contributed by atoms with Crippen molar-refractivity contribution in [2.24, 2.45) is 0 Å². The summed E-state index contributed by atoms with van der Waals surface area (Å²) in [6, 6.07) is 4.04. The van der Waals surface area contributed by atoms with Gasteiger partial charge in [0.15, 0.2) is 0 Å². The first kappa shape index (κ1) is 14.2. The van der Waals surface area contributed by atoms with Crippen LogP contribution in [0.15, 0.2) is 12.3 Å².